The molecule has 0 heterocycles. The molecule has 0 saturated carbocycles. The van der Waals surface area contributed by atoms with Gasteiger partial charge >= 0.3 is 16.8 Å². The van der Waals surface area contributed by atoms with E-state index in [1.165, 1.54) is 0 Å². The molecule has 10 aromatic rings. The topological polar surface area (TPSA) is 156 Å². The molecule has 0 amide bonds. The third-order valence-corrected chi connectivity index (χ3v) is 15.0. The van der Waals surface area contributed by atoms with Crippen molar-refractivity contribution in [1.82, 2.24) is 0 Å². The molecule has 30 heteroatoms. The zero-order valence-corrected chi connectivity index (χ0v) is 51.0. The van der Waals surface area contributed by atoms with Crippen LogP contribution in [0.25, 0.3) is 0 Å². The zero-order valence-electron chi connectivity index (χ0n) is 48.5. The maximum Gasteiger partial charge on any atom is 3.00 e. The molecule has 508 valence electrons. The molecule has 10 rings (SSSR count). The Labute approximate surface area is 557 Å². The summed E-state index contributed by atoms with van der Waals surface area (Å²) in [7, 11) is 0. The Morgan fingerprint density at radius 1 is 0.177 bits per heavy atom. The molecule has 0 saturated heterocycles. The van der Waals surface area contributed by atoms with E-state index in [9.17, 15) is 52.7 Å². The second-order valence-electron chi connectivity index (χ2n) is 20.4. The van der Waals surface area contributed by atoms with Gasteiger partial charge in [0, 0.05) is 36.3 Å². The minimum Gasteiger partial charge on any atom is -1.00 e. The van der Waals surface area contributed by atoms with Gasteiger partial charge in [0.1, 0.15) is 52.7 Å². The average molecular weight is 1450 g/mol. The molecule has 0 bridgehead atoms. The zero-order chi connectivity index (χ0) is 68.5. The number of hydrogen-bond acceptors (Lipinski definition) is 6. The van der Waals surface area contributed by atoms with Crippen LogP contribution in [-0.2, 0) is 16.8 Å². The SMILES string of the molecule is Fc1c(F)c(F)c([B-](c2c(F)c(F)c(F)c(F)c2F)(c2c(F)c(F)c(F)c(F)c2F)c2c(F)c(F)c(F)c(F)c2F)c(F)c1F.N[C@@H](c1ccccc1)[C@@H](N)c1ccccc1.N[C@@H](c1ccccc1)[C@@H](N)c1ccccc1.N[C@@H](c1ccccc1)[C@@H](N)c1ccccc1.[Cl-].[Cl-].[Co+3]. The summed E-state index contributed by atoms with van der Waals surface area (Å²) < 4.78 is 294. The van der Waals surface area contributed by atoms with Crippen LogP contribution >= 0.6 is 0 Å². The van der Waals surface area contributed by atoms with Crippen LogP contribution in [0.1, 0.15) is 69.6 Å². The fourth-order valence-electron chi connectivity index (χ4n) is 10.2. The van der Waals surface area contributed by atoms with Gasteiger partial charge in [0.2, 0.25) is 0 Å². The first-order chi connectivity index (χ1) is 44.1. The van der Waals surface area contributed by atoms with Gasteiger partial charge in [-0.2, -0.15) is 0 Å². The Kier molecular flexibility index (Phi) is 28.9. The van der Waals surface area contributed by atoms with Crippen molar-refractivity contribution in [3.05, 3.63) is 332 Å². The number of rotatable bonds is 13. The van der Waals surface area contributed by atoms with E-state index in [1.54, 1.807) is 0 Å². The van der Waals surface area contributed by atoms with Crippen LogP contribution in [0.4, 0.5) is 87.8 Å². The van der Waals surface area contributed by atoms with Gasteiger partial charge in [0.25, 0.3) is 0 Å². The summed E-state index contributed by atoms with van der Waals surface area (Å²) in [6, 6.07) is 58.7. The van der Waals surface area contributed by atoms with Gasteiger partial charge < -0.3 is 59.2 Å². The fraction of sp³-hybridized carbons (Fsp3) is 0.0909. The van der Waals surface area contributed by atoms with E-state index in [2.05, 4.69) is 0 Å². The van der Waals surface area contributed by atoms with Crippen molar-refractivity contribution in [1.29, 1.82) is 0 Å². The Bertz CT molecular complexity index is 3520. The molecule has 10 aromatic carbocycles. The minimum atomic E-state index is -7.22. The molecule has 0 radical (unpaired) electrons. The van der Waals surface area contributed by atoms with Crippen molar-refractivity contribution in [3.63, 3.8) is 0 Å². The predicted octanol–water partition coefficient (Wildman–Crippen LogP) is 7.01. The van der Waals surface area contributed by atoms with E-state index in [-0.39, 0.29) is 77.8 Å². The summed E-state index contributed by atoms with van der Waals surface area (Å²) in [6.45, 7) is 0. The Balaban J connectivity index is 0.000000313. The van der Waals surface area contributed by atoms with Crippen molar-refractivity contribution < 1.29 is 129 Å². The Morgan fingerprint density at radius 2 is 0.271 bits per heavy atom. The minimum absolute atomic E-state index is 0. The van der Waals surface area contributed by atoms with Gasteiger partial charge in [0.05, 0.1) is 0 Å². The molecule has 0 spiro atoms. The molecular weight excluding hydrogens is 1400 g/mol. The van der Waals surface area contributed by atoms with Crippen LogP contribution in [0.15, 0.2) is 182 Å². The number of hydrogen-bond donors (Lipinski definition) is 6. The maximum atomic E-state index is 15.4. The van der Waals surface area contributed by atoms with Gasteiger partial charge in [-0.15, -0.1) is 21.9 Å². The van der Waals surface area contributed by atoms with Crippen molar-refractivity contribution in [2.45, 2.75) is 36.3 Å². The van der Waals surface area contributed by atoms with E-state index in [1.807, 2.05) is 182 Å². The summed E-state index contributed by atoms with van der Waals surface area (Å²) in [4.78, 5) is 0. The molecule has 0 aromatic heterocycles. The first kappa shape index (κ1) is 80.1. The van der Waals surface area contributed by atoms with E-state index in [0.717, 1.165) is 33.4 Å². The van der Waals surface area contributed by atoms with Crippen LogP contribution in [-0.4, -0.2) is 6.15 Å². The first-order valence-electron chi connectivity index (χ1n) is 27.1. The molecular formula is C66H48BCl2CoF20N6. The van der Waals surface area contributed by atoms with Crippen molar-refractivity contribution >= 4 is 28.0 Å². The molecule has 12 N–H and O–H groups in total. The quantitative estimate of drug-likeness (QED) is 0.0316. The van der Waals surface area contributed by atoms with Gasteiger partial charge in [0.15, 0.2) is 69.8 Å². The normalized spacial score (nSPS) is 12.8. The second-order valence-corrected chi connectivity index (χ2v) is 20.4. The van der Waals surface area contributed by atoms with E-state index >= 15 is 35.1 Å². The summed E-state index contributed by atoms with van der Waals surface area (Å²) >= 11 is 0. The summed E-state index contributed by atoms with van der Waals surface area (Å²) in [6.07, 6.45) is -7.22. The molecule has 0 aliphatic heterocycles. The summed E-state index contributed by atoms with van der Waals surface area (Å²) in [5, 5.41) is 0. The van der Waals surface area contributed by atoms with Crippen molar-refractivity contribution in [3.8, 4) is 0 Å². The third-order valence-electron chi connectivity index (χ3n) is 15.0. The summed E-state index contributed by atoms with van der Waals surface area (Å²) in [5.41, 5.74) is 29.0. The molecule has 0 aliphatic rings. The molecule has 6 nitrogen and oxygen atoms in total. The van der Waals surface area contributed by atoms with Gasteiger partial charge in [-0.3, -0.25) is 0 Å². The fourth-order valence-corrected chi connectivity index (χ4v) is 10.2. The monoisotopic (exact) mass is 1440 g/mol. The average Bonchev–Trinajstić information content (AvgIpc) is 0.682. The largest absolute Gasteiger partial charge is 3.00 e. The predicted molar refractivity (Wildman–Crippen MR) is 309 cm³/mol. The molecule has 96 heavy (non-hydrogen) atoms. The van der Waals surface area contributed by atoms with E-state index in [4.69, 9.17) is 34.4 Å². The van der Waals surface area contributed by atoms with Crippen LogP contribution in [0.3, 0.4) is 0 Å². The Morgan fingerprint density at radius 3 is 0.375 bits per heavy atom. The van der Waals surface area contributed by atoms with Crippen LogP contribution < -0.4 is 81.1 Å². The van der Waals surface area contributed by atoms with Crippen molar-refractivity contribution in [2.75, 3.05) is 0 Å². The smallest absolute Gasteiger partial charge is 1.00 e. The van der Waals surface area contributed by atoms with Gasteiger partial charge in [-0.1, -0.05) is 182 Å². The third kappa shape index (κ3) is 16.1. The first-order valence-corrected chi connectivity index (χ1v) is 27.1. The van der Waals surface area contributed by atoms with Crippen molar-refractivity contribution in [2.24, 2.45) is 34.4 Å². The molecule has 0 aliphatic carbocycles. The van der Waals surface area contributed by atoms with Crippen LogP contribution in [0, 0.1) is 116 Å². The number of halogens is 22. The van der Waals surface area contributed by atoms with E-state index < -0.39 is 144 Å². The Hall–Kier alpha value is -8.29. The maximum absolute atomic E-state index is 15.4. The summed E-state index contributed by atoms with van der Waals surface area (Å²) in [5.74, 6) is -71.4. The second kappa shape index (κ2) is 34.6. The number of benzene rings is 10. The van der Waals surface area contributed by atoms with Crippen LogP contribution in [0.5, 0.6) is 0 Å². The van der Waals surface area contributed by atoms with Gasteiger partial charge in [-0.05, 0) is 33.4 Å². The molecule has 0 unspecified atom stereocenters. The number of nitrogens with two attached hydrogens (primary N) is 6. The molecule has 6 atom stereocenters. The van der Waals surface area contributed by atoms with E-state index in [0.29, 0.717) is 0 Å². The standard InChI is InChI=1S/C24BF20.3C14H16N2.2ClH.Co/c26-5-1(6(27)14(35)21(42)13(5)34)25(2-7(28)15(36)22(43)16(37)8(2)29,3-9(30)17(38)23(44)18(39)10(3)31)4-11(32)19(40)24(45)20(41)12(4)33;3*15-13(11-7-3-1-4-8-11)14(16)12-9-5-2-6-10-12;;;/h;3*1-10,13-14H,15-16H2;2*1H;/q-1;;;;;;+3/p-2/t;3*13-,14-;;;/m.000.../s1. The van der Waals surface area contributed by atoms with Gasteiger partial charge in [-0.25, -0.2) is 87.8 Å². The van der Waals surface area contributed by atoms with Crippen LogP contribution in [0.2, 0.25) is 0 Å². The molecule has 0 fully saturated rings.